The molecule has 2 aliphatic carbocycles. The predicted molar refractivity (Wildman–Crippen MR) is 224 cm³/mol. The van der Waals surface area contributed by atoms with E-state index in [2.05, 4.69) is 5.32 Å². The normalized spacial score (nSPS) is 14.4. The van der Waals surface area contributed by atoms with Crippen LogP contribution in [0.1, 0.15) is 120 Å². The van der Waals surface area contributed by atoms with Gasteiger partial charge in [-0.05, 0) is 159 Å². The molecule has 16 heteroatoms. The van der Waals surface area contributed by atoms with E-state index in [4.69, 9.17) is 33.4 Å². The molecular weight excluding hydrogens is 785 g/mol. The number of amides is 5. The Morgan fingerprint density at radius 2 is 0.852 bits per heavy atom. The third-order valence-electron chi connectivity index (χ3n) is 11.1. The van der Waals surface area contributed by atoms with Crippen molar-refractivity contribution >= 4 is 41.7 Å². The average molecular weight is 835 g/mol. The van der Waals surface area contributed by atoms with Crippen LogP contribution in [0.4, 0.5) is 4.79 Å². The van der Waals surface area contributed by atoms with Gasteiger partial charge in [-0.15, -0.1) is 0 Å². The first-order valence-electron chi connectivity index (χ1n) is 19.5. The summed E-state index contributed by atoms with van der Waals surface area (Å²) in [6.07, 6.45) is 1.40. The van der Waals surface area contributed by atoms with E-state index in [1.54, 1.807) is 69.3 Å². The number of hydrogen-bond acceptors (Lipinski definition) is 9. The number of nitrogens with two attached hydrogens (primary N) is 5. The van der Waals surface area contributed by atoms with Gasteiger partial charge in [-0.25, -0.2) is 4.79 Å². The average Bonchev–Trinajstić information content (AvgIpc) is 3.42. The van der Waals surface area contributed by atoms with Gasteiger partial charge in [0.25, 0.3) is 0 Å². The molecule has 0 unspecified atom stereocenters. The van der Waals surface area contributed by atoms with Crippen molar-refractivity contribution in [3.63, 3.8) is 0 Å². The molecule has 0 aliphatic heterocycles. The van der Waals surface area contributed by atoms with E-state index in [9.17, 15) is 43.8 Å². The fourth-order valence-corrected chi connectivity index (χ4v) is 8.41. The van der Waals surface area contributed by atoms with Crippen molar-refractivity contribution < 1.29 is 48.5 Å². The molecule has 61 heavy (non-hydrogen) atoms. The number of nitrogens with one attached hydrogen (secondary N) is 1. The lowest BCUT2D eigenvalue weighted by Gasteiger charge is -2.33. The van der Waals surface area contributed by atoms with Crippen LogP contribution in [0.2, 0.25) is 0 Å². The van der Waals surface area contributed by atoms with Crippen molar-refractivity contribution in [3.05, 3.63) is 140 Å². The number of carbonyl (C=O) groups excluding carboxylic acids is 5. The number of aliphatic carboxylic acids is 2. The van der Waals surface area contributed by atoms with Gasteiger partial charge in [-0.1, -0.05) is 24.3 Å². The quantitative estimate of drug-likeness (QED) is 0.109. The second-order valence-electron chi connectivity index (χ2n) is 16.1. The molecule has 0 bridgehead atoms. The maximum Gasteiger partial charge on any atom is 0.407 e. The molecule has 2 aliphatic rings. The number of hydrogen-bond donors (Lipinski definition) is 8. The fourth-order valence-electron chi connectivity index (χ4n) is 8.41. The molecule has 0 atom stereocenters. The van der Waals surface area contributed by atoms with Gasteiger partial charge in [-0.2, -0.15) is 0 Å². The summed E-state index contributed by atoms with van der Waals surface area (Å²) in [6, 6.07) is 19.1. The van der Waals surface area contributed by atoms with Gasteiger partial charge in [0, 0.05) is 28.8 Å². The van der Waals surface area contributed by atoms with E-state index >= 15 is 0 Å². The molecule has 4 aromatic rings. The molecule has 0 aromatic heterocycles. The van der Waals surface area contributed by atoms with Gasteiger partial charge in [0.1, 0.15) is 16.4 Å². The number of carbonyl (C=O) groups is 7. The molecule has 4 aromatic carbocycles. The number of ether oxygens (including phenoxy) is 1. The molecule has 0 spiro atoms. The summed E-state index contributed by atoms with van der Waals surface area (Å²) < 4.78 is 5.27. The van der Waals surface area contributed by atoms with Crippen LogP contribution in [0.25, 0.3) is 0 Å². The first-order valence-corrected chi connectivity index (χ1v) is 19.5. The minimum absolute atomic E-state index is 0.00735. The fraction of sp³-hybridized carbons (Fsp3) is 0.311. The molecule has 16 nitrogen and oxygen atoms in total. The molecule has 0 fully saturated rings. The zero-order valence-corrected chi connectivity index (χ0v) is 34.1. The lowest BCUT2D eigenvalue weighted by atomic mass is 9.69. The first-order chi connectivity index (χ1) is 28.7. The van der Waals surface area contributed by atoms with Crippen LogP contribution >= 0.6 is 0 Å². The number of carboxylic acid groups (broad SMARTS) is 2. The number of carboxylic acids is 2. The number of primary amides is 4. The molecule has 0 heterocycles. The van der Waals surface area contributed by atoms with Gasteiger partial charge in [0.2, 0.25) is 23.6 Å². The van der Waals surface area contributed by atoms with Crippen LogP contribution in [0.3, 0.4) is 0 Å². The lowest BCUT2D eigenvalue weighted by molar-refractivity contribution is -0.143. The van der Waals surface area contributed by atoms with E-state index in [1.807, 2.05) is 0 Å². The number of alkyl carbamates (subject to hydrolysis) is 1. The molecule has 320 valence electrons. The Kier molecular flexibility index (Phi) is 13.0. The second kappa shape index (κ2) is 17.6. The molecule has 0 radical (unpaired) electrons. The number of benzene rings is 4. The van der Waals surface area contributed by atoms with Crippen molar-refractivity contribution in [1.29, 1.82) is 0 Å². The SMILES string of the molecule is CC(C)(C)OC(=O)NCCC1(C(=O)O)c2ccc(C(N)=O)cc2CCc2cc(C(N)=O)ccc21.NCCC1(C(=O)O)c2ccc(C(N)=O)cc2CCc2cc(C(N)=O)ccc21. The van der Waals surface area contributed by atoms with E-state index < -0.39 is 58.1 Å². The zero-order chi connectivity index (χ0) is 45.0. The van der Waals surface area contributed by atoms with Crippen molar-refractivity contribution in [2.24, 2.45) is 28.7 Å². The Morgan fingerprint density at radius 1 is 0.557 bits per heavy atom. The van der Waals surface area contributed by atoms with Crippen LogP contribution < -0.4 is 34.0 Å². The molecule has 5 amide bonds. The van der Waals surface area contributed by atoms with Gasteiger partial charge in [0.15, 0.2) is 0 Å². The molecule has 0 saturated heterocycles. The highest BCUT2D eigenvalue weighted by Gasteiger charge is 2.47. The van der Waals surface area contributed by atoms with Gasteiger partial charge >= 0.3 is 18.0 Å². The maximum absolute atomic E-state index is 13.0. The topological polar surface area (TPSA) is 311 Å². The minimum Gasteiger partial charge on any atom is -0.480 e. The minimum atomic E-state index is -1.55. The molecular formula is C45H50N6O10. The van der Waals surface area contributed by atoms with Crippen molar-refractivity contribution in [1.82, 2.24) is 5.32 Å². The van der Waals surface area contributed by atoms with Gasteiger partial charge in [-0.3, -0.25) is 28.8 Å². The number of fused-ring (bicyclic) bond motifs is 4. The Balaban J connectivity index is 0.000000237. The smallest absolute Gasteiger partial charge is 0.407 e. The van der Waals surface area contributed by atoms with E-state index in [-0.39, 0.29) is 37.1 Å². The summed E-state index contributed by atoms with van der Waals surface area (Å²) in [5.41, 5.74) is 30.0. The van der Waals surface area contributed by atoms with Crippen LogP contribution in [-0.4, -0.2) is 70.6 Å². The summed E-state index contributed by atoms with van der Waals surface area (Å²) in [4.78, 5) is 84.4. The highest BCUT2D eigenvalue weighted by Crippen LogP contribution is 2.44. The largest absolute Gasteiger partial charge is 0.480 e. The highest BCUT2D eigenvalue weighted by molar-refractivity contribution is 5.97. The van der Waals surface area contributed by atoms with Crippen molar-refractivity contribution in [2.45, 2.75) is 75.7 Å². The second-order valence-corrected chi connectivity index (χ2v) is 16.1. The third-order valence-corrected chi connectivity index (χ3v) is 11.1. The van der Waals surface area contributed by atoms with Crippen LogP contribution in [0, 0.1) is 0 Å². The Bertz CT molecular complexity index is 2320. The molecule has 13 N–H and O–H groups in total. The van der Waals surface area contributed by atoms with Crippen LogP contribution in [0.15, 0.2) is 72.8 Å². The third kappa shape index (κ3) is 9.09. The van der Waals surface area contributed by atoms with Crippen molar-refractivity contribution in [3.8, 4) is 0 Å². The van der Waals surface area contributed by atoms with E-state index in [0.29, 0.717) is 70.2 Å². The zero-order valence-electron chi connectivity index (χ0n) is 34.1. The predicted octanol–water partition coefficient (Wildman–Crippen LogP) is 2.97. The Labute approximate surface area is 351 Å². The van der Waals surface area contributed by atoms with E-state index in [1.165, 1.54) is 24.3 Å². The summed E-state index contributed by atoms with van der Waals surface area (Å²) >= 11 is 0. The summed E-state index contributed by atoms with van der Waals surface area (Å²) in [5.74, 6) is -4.54. The van der Waals surface area contributed by atoms with Gasteiger partial charge < -0.3 is 48.9 Å². The van der Waals surface area contributed by atoms with E-state index in [0.717, 1.165) is 11.1 Å². The first kappa shape index (κ1) is 45.0. The Morgan fingerprint density at radius 3 is 1.10 bits per heavy atom. The Hall–Kier alpha value is -7.07. The van der Waals surface area contributed by atoms with Gasteiger partial charge in [0.05, 0.1) is 0 Å². The lowest BCUT2D eigenvalue weighted by Crippen LogP contribution is -2.42. The summed E-state index contributed by atoms with van der Waals surface area (Å²) in [6.45, 7) is 5.36. The number of rotatable bonds is 11. The summed E-state index contributed by atoms with van der Waals surface area (Å²) in [5, 5.41) is 23.5. The summed E-state index contributed by atoms with van der Waals surface area (Å²) in [7, 11) is 0. The molecule has 0 saturated carbocycles. The van der Waals surface area contributed by atoms with Crippen LogP contribution in [-0.2, 0) is 50.8 Å². The molecule has 6 rings (SSSR count). The maximum atomic E-state index is 13.0. The van der Waals surface area contributed by atoms with Crippen LogP contribution in [0.5, 0.6) is 0 Å². The monoisotopic (exact) mass is 834 g/mol. The number of aryl methyl sites for hydroxylation is 4. The standard InChI is InChI=1S/C25H29N3O6.C20H21N3O4/c1-24(2,3)34-23(33)28-11-10-25(22(31)32)18-8-6-16(20(26)29)12-14(18)4-5-15-13-17(21(27)30)7-9-19(15)25;21-8-7-20(19(26)27)15-5-3-13(17(22)24)9-11(15)1-2-12-10-14(18(23)25)4-6-16(12)20/h6-9,12-13H,4-5,10-11H2,1-3H3,(H2,26,29)(H2,27,30)(H,28,33)(H,31,32);3-6,9-10H,1-2,7-8,21H2,(H2,22,24)(H2,23,25)(H,26,27). The van der Waals surface area contributed by atoms with Crippen molar-refractivity contribution in [2.75, 3.05) is 13.1 Å². The highest BCUT2D eigenvalue weighted by atomic mass is 16.6.